The summed E-state index contributed by atoms with van der Waals surface area (Å²) in [6.45, 7) is 2.28. The summed E-state index contributed by atoms with van der Waals surface area (Å²) in [5.74, 6) is -0.337. The zero-order valence-corrected chi connectivity index (χ0v) is 11.2. The minimum atomic E-state index is -0.342. The zero-order chi connectivity index (χ0) is 14.1. The predicted molar refractivity (Wildman–Crippen MR) is 70.6 cm³/mol. The Labute approximate surface area is 113 Å². The first kappa shape index (κ1) is 15.7. The second-order valence-electron chi connectivity index (χ2n) is 4.88. The fraction of sp³-hybridized carbons (Fsp3) is 0.833. The van der Waals surface area contributed by atoms with E-state index in [-0.39, 0.29) is 18.0 Å². The number of nitrogens with zero attached hydrogens (tertiary/aromatic N) is 1. The molecule has 0 aromatic rings. The van der Waals surface area contributed by atoms with Crippen LogP contribution in [0.1, 0.15) is 38.5 Å². The van der Waals surface area contributed by atoms with Crippen molar-refractivity contribution >= 4 is 11.9 Å². The average molecular weight is 272 g/mol. The van der Waals surface area contributed by atoms with E-state index in [1.807, 2.05) is 0 Å². The summed E-state index contributed by atoms with van der Waals surface area (Å²) in [5.41, 5.74) is 6.97. The number of hydroxylamine groups is 1. The number of amides is 3. The molecule has 1 fully saturated rings. The minimum absolute atomic E-state index is 0.187. The van der Waals surface area contributed by atoms with Gasteiger partial charge in [0.05, 0.1) is 0 Å². The van der Waals surface area contributed by atoms with E-state index in [0.29, 0.717) is 13.0 Å². The smallest absolute Gasteiger partial charge is 0.315 e. The molecule has 7 heteroatoms. The van der Waals surface area contributed by atoms with Crippen LogP contribution in [0.3, 0.4) is 0 Å². The number of unbranched alkanes of at least 4 members (excludes halogenated alkanes) is 3. The summed E-state index contributed by atoms with van der Waals surface area (Å²) >= 11 is 0. The van der Waals surface area contributed by atoms with Gasteiger partial charge in [0, 0.05) is 32.1 Å². The lowest BCUT2D eigenvalue weighted by Gasteiger charge is -2.35. The summed E-state index contributed by atoms with van der Waals surface area (Å²) in [6.07, 6.45) is 5.04. The number of piperazine rings is 1. The molecule has 0 spiro atoms. The van der Waals surface area contributed by atoms with Crippen LogP contribution in [0.25, 0.3) is 0 Å². The molecular weight excluding hydrogens is 248 g/mol. The summed E-state index contributed by atoms with van der Waals surface area (Å²) in [4.78, 5) is 23.8. The lowest BCUT2D eigenvalue weighted by atomic mass is 10.0. The Balaban J connectivity index is 2.10. The van der Waals surface area contributed by atoms with Gasteiger partial charge in [0.1, 0.15) is 0 Å². The Bertz CT molecular complexity index is 299. The highest BCUT2D eigenvalue weighted by atomic mass is 16.5. The van der Waals surface area contributed by atoms with Gasteiger partial charge in [-0.25, -0.2) is 10.3 Å². The van der Waals surface area contributed by atoms with Crippen molar-refractivity contribution in [1.82, 2.24) is 15.7 Å². The lowest BCUT2D eigenvalue weighted by Crippen LogP contribution is -2.55. The van der Waals surface area contributed by atoms with E-state index < -0.39 is 0 Å². The van der Waals surface area contributed by atoms with Gasteiger partial charge in [0.25, 0.3) is 0 Å². The number of primary amides is 1. The number of urea groups is 1. The predicted octanol–water partition coefficient (Wildman–Crippen LogP) is 0.185. The molecule has 0 aromatic heterocycles. The molecule has 110 valence electrons. The van der Waals surface area contributed by atoms with Crippen molar-refractivity contribution in [3.8, 4) is 0 Å². The molecule has 1 atom stereocenters. The Hall–Kier alpha value is -1.34. The van der Waals surface area contributed by atoms with Gasteiger partial charge in [-0.1, -0.05) is 19.3 Å². The highest BCUT2D eigenvalue weighted by molar-refractivity contribution is 5.74. The summed E-state index contributed by atoms with van der Waals surface area (Å²) in [6, 6.07) is -0.155. The number of carbonyl (C=O) groups excluding carboxylic acids is 2. The van der Waals surface area contributed by atoms with E-state index in [1.54, 1.807) is 10.4 Å². The molecule has 5 N–H and O–H groups in total. The highest BCUT2D eigenvalue weighted by Gasteiger charge is 2.23. The van der Waals surface area contributed by atoms with E-state index in [4.69, 9.17) is 10.9 Å². The number of nitrogens with one attached hydrogen (secondary N) is 2. The monoisotopic (exact) mass is 272 g/mol. The van der Waals surface area contributed by atoms with Crippen molar-refractivity contribution in [2.24, 2.45) is 5.73 Å². The minimum Gasteiger partial charge on any atom is -0.351 e. The zero-order valence-electron chi connectivity index (χ0n) is 11.2. The molecule has 0 radical (unpaired) electrons. The molecule has 0 bridgehead atoms. The number of carbonyl (C=O) groups is 2. The average Bonchev–Trinajstić information content (AvgIpc) is 2.42. The van der Waals surface area contributed by atoms with Crippen LogP contribution in [0.15, 0.2) is 0 Å². The highest BCUT2D eigenvalue weighted by Crippen LogP contribution is 2.13. The third-order valence-electron chi connectivity index (χ3n) is 3.45. The Morgan fingerprint density at radius 1 is 1.32 bits per heavy atom. The van der Waals surface area contributed by atoms with Crippen molar-refractivity contribution in [2.75, 3.05) is 19.6 Å². The van der Waals surface area contributed by atoms with E-state index >= 15 is 0 Å². The molecule has 1 heterocycles. The Kier molecular flexibility index (Phi) is 7.20. The second-order valence-corrected chi connectivity index (χ2v) is 4.88. The van der Waals surface area contributed by atoms with Crippen molar-refractivity contribution in [3.05, 3.63) is 0 Å². The van der Waals surface area contributed by atoms with Gasteiger partial charge < -0.3 is 16.0 Å². The molecule has 1 rings (SSSR count). The van der Waals surface area contributed by atoms with Crippen LogP contribution in [-0.2, 0) is 4.79 Å². The molecule has 1 saturated heterocycles. The molecule has 3 amide bonds. The number of hydrogen-bond acceptors (Lipinski definition) is 4. The third-order valence-corrected chi connectivity index (χ3v) is 3.45. The van der Waals surface area contributed by atoms with Gasteiger partial charge in [-0.05, 0) is 12.8 Å². The molecular formula is C12H24N4O3. The van der Waals surface area contributed by atoms with Crippen LogP contribution in [0.4, 0.5) is 4.79 Å². The van der Waals surface area contributed by atoms with E-state index in [2.05, 4.69) is 5.32 Å². The van der Waals surface area contributed by atoms with Gasteiger partial charge in [-0.2, -0.15) is 0 Å². The van der Waals surface area contributed by atoms with Crippen molar-refractivity contribution in [3.63, 3.8) is 0 Å². The summed E-state index contributed by atoms with van der Waals surface area (Å²) in [7, 11) is 0. The maximum Gasteiger partial charge on any atom is 0.315 e. The van der Waals surface area contributed by atoms with Gasteiger partial charge >= 0.3 is 6.03 Å². The first-order valence-electron chi connectivity index (χ1n) is 6.85. The van der Waals surface area contributed by atoms with E-state index in [0.717, 1.165) is 45.2 Å². The fourth-order valence-corrected chi connectivity index (χ4v) is 2.38. The standard InChI is InChI=1S/C12H24N4O3/c13-12(18)16-8-7-14-9-10(16)5-3-1-2-4-6-11(17)15-19/h10,14,19H,1-9H2,(H2,13,18)(H,15,17). The van der Waals surface area contributed by atoms with Gasteiger partial charge in [-0.15, -0.1) is 0 Å². The van der Waals surface area contributed by atoms with Crippen LogP contribution in [0, 0.1) is 0 Å². The molecule has 1 aliphatic rings. The largest absolute Gasteiger partial charge is 0.351 e. The van der Waals surface area contributed by atoms with Gasteiger partial charge in [0.15, 0.2) is 0 Å². The fourth-order valence-electron chi connectivity index (χ4n) is 2.38. The molecule has 0 aliphatic carbocycles. The second kappa shape index (κ2) is 8.71. The van der Waals surface area contributed by atoms with Crippen LogP contribution < -0.4 is 16.5 Å². The third kappa shape index (κ3) is 5.89. The van der Waals surface area contributed by atoms with Crippen LogP contribution in [-0.4, -0.2) is 47.7 Å². The summed E-state index contributed by atoms with van der Waals surface area (Å²) < 4.78 is 0. The lowest BCUT2D eigenvalue weighted by molar-refractivity contribution is -0.129. The first-order chi connectivity index (χ1) is 9.15. The van der Waals surface area contributed by atoms with Crippen LogP contribution >= 0.6 is 0 Å². The SMILES string of the molecule is NC(=O)N1CCNCC1CCCCCCC(=O)NO. The van der Waals surface area contributed by atoms with Crippen LogP contribution in [0.2, 0.25) is 0 Å². The van der Waals surface area contributed by atoms with Crippen molar-refractivity contribution in [1.29, 1.82) is 0 Å². The molecule has 19 heavy (non-hydrogen) atoms. The molecule has 0 saturated carbocycles. The van der Waals surface area contributed by atoms with E-state index in [1.165, 1.54) is 0 Å². The number of nitrogens with two attached hydrogens (primary N) is 1. The molecule has 1 unspecified atom stereocenters. The van der Waals surface area contributed by atoms with Gasteiger partial charge in [0.2, 0.25) is 5.91 Å². The topological polar surface area (TPSA) is 108 Å². The van der Waals surface area contributed by atoms with E-state index in [9.17, 15) is 9.59 Å². The Morgan fingerprint density at radius 2 is 2.05 bits per heavy atom. The first-order valence-corrected chi connectivity index (χ1v) is 6.85. The normalized spacial score (nSPS) is 19.2. The maximum absolute atomic E-state index is 11.3. The van der Waals surface area contributed by atoms with Crippen molar-refractivity contribution in [2.45, 2.75) is 44.6 Å². The maximum atomic E-state index is 11.3. The molecule has 1 aliphatic heterocycles. The van der Waals surface area contributed by atoms with Crippen molar-refractivity contribution < 1.29 is 14.8 Å². The van der Waals surface area contributed by atoms with Gasteiger partial charge in [-0.3, -0.25) is 10.0 Å². The summed E-state index contributed by atoms with van der Waals surface area (Å²) in [5, 5.41) is 11.6. The number of rotatable bonds is 7. The Morgan fingerprint density at radius 3 is 2.74 bits per heavy atom. The quantitative estimate of drug-likeness (QED) is 0.301. The van der Waals surface area contributed by atoms with Crippen LogP contribution in [0.5, 0.6) is 0 Å². The molecule has 0 aromatic carbocycles. The number of hydrogen-bond donors (Lipinski definition) is 4. The molecule has 7 nitrogen and oxygen atoms in total.